The number of piperidine rings is 3. The molecule has 0 saturated carbocycles. The van der Waals surface area contributed by atoms with E-state index in [9.17, 15) is 4.79 Å². The molecule has 3 rings (SSSR count). The molecule has 0 aliphatic carbocycles. The molecular weight excluding hydrogens is 312 g/mol. The Morgan fingerprint density at radius 1 is 1.12 bits per heavy atom. The molecular formula is C20H38N4O. The molecule has 3 aliphatic rings. The van der Waals surface area contributed by atoms with Crippen LogP contribution in [0.5, 0.6) is 0 Å². The van der Waals surface area contributed by atoms with E-state index in [0.717, 1.165) is 45.1 Å². The van der Waals surface area contributed by atoms with Gasteiger partial charge in [-0.15, -0.1) is 0 Å². The normalized spacial score (nSPS) is 29.4. The maximum Gasteiger partial charge on any atom is 0.220 e. The van der Waals surface area contributed by atoms with E-state index in [0.29, 0.717) is 24.3 Å². The third-order valence-electron chi connectivity index (χ3n) is 6.75. The minimum Gasteiger partial charge on any atom is -0.353 e. The Morgan fingerprint density at radius 3 is 2.48 bits per heavy atom. The van der Waals surface area contributed by atoms with Gasteiger partial charge in [-0.3, -0.25) is 4.79 Å². The van der Waals surface area contributed by atoms with Crippen LogP contribution >= 0.6 is 0 Å². The molecule has 3 fully saturated rings. The van der Waals surface area contributed by atoms with Gasteiger partial charge in [-0.05, 0) is 83.6 Å². The van der Waals surface area contributed by atoms with Crippen molar-refractivity contribution in [3.8, 4) is 0 Å². The van der Waals surface area contributed by atoms with Crippen molar-refractivity contribution in [3.63, 3.8) is 0 Å². The van der Waals surface area contributed by atoms with Crippen LogP contribution in [0.4, 0.5) is 0 Å². The average Bonchev–Trinajstić information content (AvgIpc) is 2.64. The third kappa shape index (κ3) is 5.66. The van der Waals surface area contributed by atoms with Crippen molar-refractivity contribution in [3.05, 3.63) is 0 Å². The molecule has 0 aromatic carbocycles. The molecule has 5 nitrogen and oxygen atoms in total. The molecule has 1 amide bonds. The lowest BCUT2D eigenvalue weighted by molar-refractivity contribution is -0.123. The first-order valence-corrected chi connectivity index (χ1v) is 10.5. The Labute approximate surface area is 153 Å². The number of hydrogen-bond donors (Lipinski definition) is 2. The van der Waals surface area contributed by atoms with Gasteiger partial charge in [0, 0.05) is 31.6 Å². The van der Waals surface area contributed by atoms with Gasteiger partial charge in [0.25, 0.3) is 0 Å². The quantitative estimate of drug-likeness (QED) is 0.792. The number of amides is 1. The zero-order valence-corrected chi connectivity index (χ0v) is 16.3. The second-order valence-electron chi connectivity index (χ2n) is 8.70. The Bertz CT molecular complexity index is 408. The smallest absolute Gasteiger partial charge is 0.220 e. The van der Waals surface area contributed by atoms with Crippen molar-refractivity contribution in [2.24, 2.45) is 11.8 Å². The lowest BCUT2D eigenvalue weighted by Gasteiger charge is -2.41. The molecule has 25 heavy (non-hydrogen) atoms. The fraction of sp³-hybridized carbons (Fsp3) is 0.950. The van der Waals surface area contributed by atoms with Crippen molar-refractivity contribution in [1.82, 2.24) is 20.4 Å². The number of rotatable bonds is 5. The maximum atomic E-state index is 12.4. The van der Waals surface area contributed by atoms with E-state index in [2.05, 4.69) is 34.4 Å². The lowest BCUT2D eigenvalue weighted by Crippen LogP contribution is -2.50. The maximum absolute atomic E-state index is 12.4. The summed E-state index contributed by atoms with van der Waals surface area (Å²) in [6.45, 7) is 9.25. The summed E-state index contributed by atoms with van der Waals surface area (Å²) in [7, 11) is 2.22. The third-order valence-corrected chi connectivity index (χ3v) is 6.75. The zero-order chi connectivity index (χ0) is 17.6. The largest absolute Gasteiger partial charge is 0.353 e. The number of nitrogens with zero attached hydrogens (tertiary/aromatic N) is 2. The van der Waals surface area contributed by atoms with Crippen LogP contribution in [0.3, 0.4) is 0 Å². The minimum atomic E-state index is 0.274. The number of likely N-dealkylation sites (tertiary alicyclic amines) is 2. The zero-order valence-electron chi connectivity index (χ0n) is 16.3. The second-order valence-corrected chi connectivity index (χ2v) is 8.70. The Balaban J connectivity index is 1.34. The second kappa shape index (κ2) is 9.33. The molecule has 2 N–H and O–H groups in total. The molecule has 5 heteroatoms. The molecule has 0 aromatic rings. The fourth-order valence-electron chi connectivity index (χ4n) is 4.88. The van der Waals surface area contributed by atoms with Gasteiger partial charge in [0.05, 0.1) is 0 Å². The topological polar surface area (TPSA) is 47.6 Å². The molecule has 3 aliphatic heterocycles. The Morgan fingerprint density at radius 2 is 1.84 bits per heavy atom. The SMILES string of the molecule is CC(CC(=O)NC1CCN(C2CCN(C)CC2)CC1)C1CCCNC1. The molecule has 0 bridgehead atoms. The summed E-state index contributed by atoms with van der Waals surface area (Å²) >= 11 is 0. The van der Waals surface area contributed by atoms with Crippen molar-refractivity contribution in [2.45, 2.75) is 64.0 Å². The van der Waals surface area contributed by atoms with Crippen LogP contribution in [0.15, 0.2) is 0 Å². The summed E-state index contributed by atoms with van der Waals surface area (Å²) in [6, 6.07) is 1.17. The molecule has 3 heterocycles. The first-order chi connectivity index (χ1) is 12.1. The van der Waals surface area contributed by atoms with Gasteiger partial charge in [-0.25, -0.2) is 0 Å². The van der Waals surface area contributed by atoms with E-state index >= 15 is 0 Å². The highest BCUT2D eigenvalue weighted by molar-refractivity contribution is 5.76. The van der Waals surface area contributed by atoms with Crippen LogP contribution in [0.1, 0.15) is 51.9 Å². The standard InChI is InChI=1S/C20H38N4O/c1-16(17-4-3-9-21-15-17)14-20(25)22-18-5-12-24(13-6-18)19-7-10-23(2)11-8-19/h16-19,21H,3-15H2,1-2H3,(H,22,25). The van der Waals surface area contributed by atoms with Gasteiger partial charge in [0.15, 0.2) is 0 Å². The summed E-state index contributed by atoms with van der Waals surface area (Å²) in [4.78, 5) is 17.5. The number of carbonyl (C=O) groups excluding carboxylic acids is 1. The summed E-state index contributed by atoms with van der Waals surface area (Å²) in [5, 5.41) is 6.79. The molecule has 0 aromatic heterocycles. The summed E-state index contributed by atoms with van der Waals surface area (Å²) in [6.07, 6.45) is 8.08. The number of carbonyl (C=O) groups is 1. The molecule has 0 radical (unpaired) electrons. The van der Waals surface area contributed by atoms with Crippen molar-refractivity contribution >= 4 is 5.91 Å². The predicted octanol–water partition coefficient (Wildman–Crippen LogP) is 1.69. The molecule has 0 spiro atoms. The Kier molecular flexibility index (Phi) is 7.14. The molecule has 2 atom stereocenters. The summed E-state index contributed by atoms with van der Waals surface area (Å²) < 4.78 is 0. The minimum absolute atomic E-state index is 0.274. The van der Waals surface area contributed by atoms with Gasteiger partial charge in [0.1, 0.15) is 0 Å². The van der Waals surface area contributed by atoms with Crippen LogP contribution in [0.25, 0.3) is 0 Å². The predicted molar refractivity (Wildman–Crippen MR) is 103 cm³/mol. The molecule has 144 valence electrons. The van der Waals surface area contributed by atoms with E-state index in [1.165, 1.54) is 38.8 Å². The first-order valence-electron chi connectivity index (χ1n) is 10.5. The van der Waals surface area contributed by atoms with Gasteiger partial charge >= 0.3 is 0 Å². The Hall–Kier alpha value is -0.650. The van der Waals surface area contributed by atoms with E-state index in [1.807, 2.05) is 0 Å². The summed E-state index contributed by atoms with van der Waals surface area (Å²) in [5.74, 6) is 1.44. The van der Waals surface area contributed by atoms with E-state index < -0.39 is 0 Å². The first kappa shape index (κ1) is 19.1. The summed E-state index contributed by atoms with van der Waals surface area (Å²) in [5.41, 5.74) is 0. The van der Waals surface area contributed by atoms with Gasteiger partial charge < -0.3 is 20.4 Å². The van der Waals surface area contributed by atoms with E-state index in [1.54, 1.807) is 0 Å². The lowest BCUT2D eigenvalue weighted by atomic mass is 9.85. The van der Waals surface area contributed by atoms with E-state index in [4.69, 9.17) is 0 Å². The van der Waals surface area contributed by atoms with E-state index in [-0.39, 0.29) is 5.91 Å². The highest BCUT2D eigenvalue weighted by atomic mass is 16.1. The monoisotopic (exact) mass is 350 g/mol. The highest BCUT2D eigenvalue weighted by Gasteiger charge is 2.28. The van der Waals surface area contributed by atoms with Gasteiger partial charge in [-0.1, -0.05) is 6.92 Å². The van der Waals surface area contributed by atoms with Gasteiger partial charge in [0.2, 0.25) is 5.91 Å². The van der Waals surface area contributed by atoms with Crippen LogP contribution in [0, 0.1) is 11.8 Å². The van der Waals surface area contributed by atoms with Crippen molar-refractivity contribution < 1.29 is 4.79 Å². The molecule has 2 unspecified atom stereocenters. The van der Waals surface area contributed by atoms with Crippen LogP contribution < -0.4 is 10.6 Å². The average molecular weight is 351 g/mol. The highest BCUT2D eigenvalue weighted by Crippen LogP contribution is 2.23. The molecule has 3 saturated heterocycles. The number of hydrogen-bond acceptors (Lipinski definition) is 4. The fourth-order valence-corrected chi connectivity index (χ4v) is 4.88. The van der Waals surface area contributed by atoms with Crippen molar-refractivity contribution in [2.75, 3.05) is 46.3 Å². The van der Waals surface area contributed by atoms with Crippen LogP contribution in [-0.4, -0.2) is 74.1 Å². The number of nitrogens with one attached hydrogen (secondary N) is 2. The van der Waals surface area contributed by atoms with Crippen LogP contribution in [-0.2, 0) is 4.79 Å². The van der Waals surface area contributed by atoms with Crippen molar-refractivity contribution in [1.29, 1.82) is 0 Å². The van der Waals surface area contributed by atoms with Gasteiger partial charge in [-0.2, -0.15) is 0 Å². The van der Waals surface area contributed by atoms with Crippen LogP contribution in [0.2, 0.25) is 0 Å².